The van der Waals surface area contributed by atoms with Gasteiger partial charge in [0.2, 0.25) is 0 Å². The van der Waals surface area contributed by atoms with E-state index in [9.17, 15) is 0 Å². The summed E-state index contributed by atoms with van der Waals surface area (Å²) in [7, 11) is 0. The van der Waals surface area contributed by atoms with E-state index in [0.717, 1.165) is 30.8 Å². The van der Waals surface area contributed by atoms with Gasteiger partial charge in [0.25, 0.3) is 0 Å². The van der Waals surface area contributed by atoms with Crippen LogP contribution >= 0.6 is 0 Å². The minimum Gasteiger partial charge on any atom is -0.491 e. The monoisotopic (exact) mass is 235 g/mol. The molecular formula is C14H21NO2. The third-order valence-corrected chi connectivity index (χ3v) is 3.05. The van der Waals surface area contributed by atoms with Crippen molar-refractivity contribution in [2.24, 2.45) is 5.73 Å². The normalized spacial score (nSPS) is 24.9. The molecule has 1 saturated heterocycles. The summed E-state index contributed by atoms with van der Waals surface area (Å²) < 4.78 is 11.2. The Bertz CT molecular complexity index is 370. The van der Waals surface area contributed by atoms with Gasteiger partial charge >= 0.3 is 0 Å². The van der Waals surface area contributed by atoms with Crippen molar-refractivity contribution < 1.29 is 9.47 Å². The zero-order valence-corrected chi connectivity index (χ0v) is 10.6. The molecule has 1 unspecified atom stereocenters. The summed E-state index contributed by atoms with van der Waals surface area (Å²) in [4.78, 5) is 0. The van der Waals surface area contributed by atoms with Gasteiger partial charge in [-0.15, -0.1) is 0 Å². The number of rotatable bonds is 3. The minimum absolute atomic E-state index is 0.182. The number of nitrogens with two attached hydrogens (primary N) is 1. The Balaban J connectivity index is 2.19. The first-order chi connectivity index (χ1) is 8.10. The van der Waals surface area contributed by atoms with E-state index >= 15 is 0 Å². The zero-order valence-electron chi connectivity index (χ0n) is 10.6. The molecule has 2 N–H and O–H groups in total. The topological polar surface area (TPSA) is 44.5 Å². The maximum atomic E-state index is 6.40. The molecule has 1 fully saturated rings. The Morgan fingerprint density at radius 1 is 1.41 bits per heavy atom. The van der Waals surface area contributed by atoms with Gasteiger partial charge in [0, 0.05) is 6.61 Å². The first-order valence-corrected chi connectivity index (χ1v) is 6.24. The van der Waals surface area contributed by atoms with Crippen molar-refractivity contribution in [1.29, 1.82) is 0 Å². The molecule has 0 aliphatic carbocycles. The molecule has 0 spiro atoms. The van der Waals surface area contributed by atoms with Crippen LogP contribution in [0, 0.1) is 0 Å². The Hall–Kier alpha value is -1.06. The van der Waals surface area contributed by atoms with Gasteiger partial charge in [0.05, 0.1) is 18.2 Å². The third-order valence-electron chi connectivity index (χ3n) is 3.05. The van der Waals surface area contributed by atoms with Crippen molar-refractivity contribution in [3.05, 3.63) is 29.8 Å². The van der Waals surface area contributed by atoms with Crippen molar-refractivity contribution in [2.45, 2.75) is 38.3 Å². The lowest BCUT2D eigenvalue weighted by molar-refractivity contribution is 0.0365. The Morgan fingerprint density at radius 3 is 2.88 bits per heavy atom. The molecule has 94 valence electrons. The molecule has 3 heteroatoms. The van der Waals surface area contributed by atoms with Crippen LogP contribution in [0.1, 0.15) is 32.3 Å². The standard InChI is InChI=1S/C14H21NO2/c1-11(2)17-13-6-3-5-12(9-13)14(15)7-4-8-16-10-14/h3,5-6,9,11H,4,7-8,10,15H2,1-2H3. The molecule has 2 rings (SSSR count). The molecule has 0 bridgehead atoms. The van der Waals surface area contributed by atoms with Crippen molar-refractivity contribution in [3.8, 4) is 5.75 Å². The first kappa shape index (κ1) is 12.4. The highest BCUT2D eigenvalue weighted by Crippen LogP contribution is 2.30. The van der Waals surface area contributed by atoms with E-state index in [1.807, 2.05) is 32.0 Å². The van der Waals surface area contributed by atoms with Crippen LogP contribution < -0.4 is 10.5 Å². The highest BCUT2D eigenvalue weighted by atomic mass is 16.5. The van der Waals surface area contributed by atoms with Gasteiger partial charge in [0.1, 0.15) is 5.75 Å². The van der Waals surface area contributed by atoms with Gasteiger partial charge in [-0.05, 0) is 44.4 Å². The maximum Gasteiger partial charge on any atom is 0.120 e. The lowest BCUT2D eigenvalue weighted by atomic mass is 9.86. The number of ether oxygens (including phenoxy) is 2. The first-order valence-electron chi connectivity index (χ1n) is 6.24. The summed E-state index contributed by atoms with van der Waals surface area (Å²) in [5.74, 6) is 0.882. The summed E-state index contributed by atoms with van der Waals surface area (Å²) in [6.45, 7) is 5.46. The average molecular weight is 235 g/mol. The van der Waals surface area contributed by atoms with Gasteiger partial charge in [-0.2, -0.15) is 0 Å². The van der Waals surface area contributed by atoms with E-state index in [-0.39, 0.29) is 11.6 Å². The number of hydrogen-bond acceptors (Lipinski definition) is 3. The van der Waals surface area contributed by atoms with E-state index in [4.69, 9.17) is 15.2 Å². The second kappa shape index (κ2) is 5.07. The fraction of sp³-hybridized carbons (Fsp3) is 0.571. The molecule has 0 radical (unpaired) electrons. The molecule has 0 saturated carbocycles. The quantitative estimate of drug-likeness (QED) is 0.875. The Kier molecular flexibility index (Phi) is 3.69. The summed E-state index contributed by atoms with van der Waals surface area (Å²) in [6, 6.07) is 8.06. The molecular weight excluding hydrogens is 214 g/mol. The second-order valence-corrected chi connectivity index (χ2v) is 5.01. The smallest absolute Gasteiger partial charge is 0.120 e. The lowest BCUT2D eigenvalue weighted by Gasteiger charge is -2.34. The SMILES string of the molecule is CC(C)Oc1cccc(C2(N)CCCOC2)c1. The third kappa shape index (κ3) is 2.99. The predicted octanol–water partition coefficient (Wildman–Crippen LogP) is 2.44. The van der Waals surface area contributed by atoms with Crippen LogP contribution in [0.25, 0.3) is 0 Å². The van der Waals surface area contributed by atoms with E-state index in [0.29, 0.717) is 6.61 Å². The van der Waals surface area contributed by atoms with Gasteiger partial charge < -0.3 is 15.2 Å². The fourth-order valence-corrected chi connectivity index (χ4v) is 2.20. The lowest BCUT2D eigenvalue weighted by Crippen LogP contribution is -2.44. The van der Waals surface area contributed by atoms with E-state index < -0.39 is 0 Å². The summed E-state index contributed by atoms with van der Waals surface area (Å²) in [5.41, 5.74) is 7.15. The van der Waals surface area contributed by atoms with Gasteiger partial charge in [-0.1, -0.05) is 12.1 Å². The molecule has 1 atom stereocenters. The number of hydrogen-bond donors (Lipinski definition) is 1. The van der Waals surface area contributed by atoms with Crippen LogP contribution in [-0.4, -0.2) is 19.3 Å². The highest BCUT2D eigenvalue weighted by Gasteiger charge is 2.30. The maximum absolute atomic E-state index is 6.40. The Labute approximate surface area is 103 Å². The average Bonchev–Trinajstić information content (AvgIpc) is 2.29. The van der Waals surface area contributed by atoms with Crippen LogP contribution in [0.5, 0.6) is 5.75 Å². The summed E-state index contributed by atoms with van der Waals surface area (Å²) in [6.07, 6.45) is 2.17. The molecule has 1 aliphatic heterocycles. The van der Waals surface area contributed by atoms with Crippen molar-refractivity contribution >= 4 is 0 Å². The summed E-state index contributed by atoms with van der Waals surface area (Å²) in [5, 5.41) is 0. The molecule has 1 aliphatic rings. The molecule has 17 heavy (non-hydrogen) atoms. The van der Waals surface area contributed by atoms with Gasteiger partial charge in [-0.25, -0.2) is 0 Å². The van der Waals surface area contributed by atoms with Crippen LogP contribution in [0.4, 0.5) is 0 Å². The summed E-state index contributed by atoms with van der Waals surface area (Å²) >= 11 is 0. The van der Waals surface area contributed by atoms with E-state index in [1.54, 1.807) is 0 Å². The molecule has 1 heterocycles. The fourth-order valence-electron chi connectivity index (χ4n) is 2.20. The van der Waals surface area contributed by atoms with Crippen molar-refractivity contribution in [3.63, 3.8) is 0 Å². The zero-order chi connectivity index (χ0) is 12.3. The minimum atomic E-state index is -0.353. The van der Waals surface area contributed by atoms with Crippen LogP contribution in [0.15, 0.2) is 24.3 Å². The van der Waals surface area contributed by atoms with Gasteiger partial charge in [0.15, 0.2) is 0 Å². The highest BCUT2D eigenvalue weighted by molar-refractivity contribution is 5.33. The number of benzene rings is 1. The predicted molar refractivity (Wildman–Crippen MR) is 68.1 cm³/mol. The Morgan fingerprint density at radius 2 is 2.24 bits per heavy atom. The molecule has 1 aromatic rings. The van der Waals surface area contributed by atoms with Crippen molar-refractivity contribution in [1.82, 2.24) is 0 Å². The second-order valence-electron chi connectivity index (χ2n) is 5.01. The largest absolute Gasteiger partial charge is 0.491 e. The van der Waals surface area contributed by atoms with Crippen LogP contribution in [0.2, 0.25) is 0 Å². The molecule has 3 nitrogen and oxygen atoms in total. The van der Waals surface area contributed by atoms with Gasteiger partial charge in [-0.3, -0.25) is 0 Å². The van der Waals surface area contributed by atoms with Crippen molar-refractivity contribution in [2.75, 3.05) is 13.2 Å². The van der Waals surface area contributed by atoms with E-state index in [1.165, 1.54) is 0 Å². The van der Waals surface area contributed by atoms with Crippen LogP contribution in [-0.2, 0) is 10.3 Å². The van der Waals surface area contributed by atoms with E-state index in [2.05, 4.69) is 6.07 Å². The van der Waals surface area contributed by atoms with Crippen LogP contribution in [0.3, 0.4) is 0 Å². The molecule has 0 amide bonds. The molecule has 0 aromatic heterocycles. The molecule has 1 aromatic carbocycles.